The topological polar surface area (TPSA) is 48.7 Å². The number of methoxy groups -OCH3 is 1. The van der Waals surface area contributed by atoms with E-state index in [0.29, 0.717) is 27.7 Å². The van der Waals surface area contributed by atoms with Crippen molar-refractivity contribution in [1.29, 1.82) is 0 Å². The minimum absolute atomic E-state index is 0.0664. The normalized spacial score (nSPS) is 11.1. The SMILES string of the molecule is COCOc1cccc2oc3cccc(-c4ccccc4)c3c(=O)c12. The number of hydrogen-bond acceptors (Lipinski definition) is 4. The fourth-order valence-corrected chi connectivity index (χ4v) is 3.01. The molecule has 124 valence electrons. The standard InChI is InChI=1S/C21H16O4/c1-23-13-24-16-10-6-12-18-20(16)21(22)19-15(9-5-11-17(19)25-18)14-7-3-2-4-8-14/h2-12H,13H2,1H3. The molecular formula is C21H16O4. The third-order valence-electron chi connectivity index (χ3n) is 4.11. The Morgan fingerprint density at radius 2 is 1.56 bits per heavy atom. The second-order valence-electron chi connectivity index (χ2n) is 5.66. The minimum Gasteiger partial charge on any atom is -0.467 e. The number of rotatable bonds is 4. The predicted octanol–water partition coefficient (Wildman–Crippen LogP) is 4.60. The van der Waals surface area contributed by atoms with Gasteiger partial charge in [-0.25, -0.2) is 0 Å². The predicted molar refractivity (Wildman–Crippen MR) is 97.9 cm³/mol. The Morgan fingerprint density at radius 3 is 2.32 bits per heavy atom. The van der Waals surface area contributed by atoms with Gasteiger partial charge in [0.15, 0.2) is 6.79 Å². The summed E-state index contributed by atoms with van der Waals surface area (Å²) >= 11 is 0. The van der Waals surface area contributed by atoms with Crippen molar-refractivity contribution in [3.8, 4) is 16.9 Å². The molecule has 1 aromatic heterocycles. The van der Waals surface area contributed by atoms with Crippen LogP contribution in [0.25, 0.3) is 33.1 Å². The number of benzene rings is 3. The van der Waals surface area contributed by atoms with Crippen molar-refractivity contribution in [3.63, 3.8) is 0 Å². The molecule has 0 amide bonds. The minimum atomic E-state index is -0.109. The molecule has 3 aromatic carbocycles. The molecular weight excluding hydrogens is 316 g/mol. The van der Waals surface area contributed by atoms with Crippen molar-refractivity contribution in [2.45, 2.75) is 0 Å². The molecule has 0 saturated heterocycles. The van der Waals surface area contributed by atoms with E-state index < -0.39 is 0 Å². The van der Waals surface area contributed by atoms with Crippen LogP contribution in [-0.2, 0) is 4.74 Å². The van der Waals surface area contributed by atoms with E-state index in [-0.39, 0.29) is 12.2 Å². The zero-order valence-corrected chi connectivity index (χ0v) is 13.7. The van der Waals surface area contributed by atoms with Crippen LogP contribution in [0.5, 0.6) is 5.75 Å². The molecule has 0 saturated carbocycles. The summed E-state index contributed by atoms with van der Waals surface area (Å²) < 4.78 is 16.5. The summed E-state index contributed by atoms with van der Waals surface area (Å²) in [5, 5.41) is 0.977. The molecule has 0 unspecified atom stereocenters. The number of fused-ring (bicyclic) bond motifs is 2. The lowest BCUT2D eigenvalue weighted by atomic mass is 9.99. The highest BCUT2D eigenvalue weighted by atomic mass is 16.7. The lowest BCUT2D eigenvalue weighted by Gasteiger charge is -2.10. The van der Waals surface area contributed by atoms with E-state index in [0.717, 1.165) is 11.1 Å². The summed E-state index contributed by atoms with van der Waals surface area (Å²) in [7, 11) is 1.54. The quantitative estimate of drug-likeness (QED) is 0.405. The molecule has 4 aromatic rings. The molecule has 0 aliphatic heterocycles. The Bertz CT molecular complexity index is 1100. The first kappa shape index (κ1) is 15.4. The molecule has 0 bridgehead atoms. The summed E-state index contributed by atoms with van der Waals surface area (Å²) in [6.07, 6.45) is 0. The van der Waals surface area contributed by atoms with E-state index in [9.17, 15) is 4.79 Å². The molecule has 0 fully saturated rings. The van der Waals surface area contributed by atoms with Gasteiger partial charge in [-0.3, -0.25) is 4.79 Å². The van der Waals surface area contributed by atoms with Crippen molar-refractivity contribution >= 4 is 21.9 Å². The fourth-order valence-electron chi connectivity index (χ4n) is 3.01. The molecule has 0 spiro atoms. The van der Waals surface area contributed by atoms with Crippen molar-refractivity contribution in [1.82, 2.24) is 0 Å². The first-order valence-electron chi connectivity index (χ1n) is 7.95. The Morgan fingerprint density at radius 1 is 0.840 bits per heavy atom. The maximum absolute atomic E-state index is 13.3. The highest BCUT2D eigenvalue weighted by Crippen LogP contribution is 2.31. The monoisotopic (exact) mass is 332 g/mol. The zero-order chi connectivity index (χ0) is 17.2. The highest BCUT2D eigenvalue weighted by Gasteiger charge is 2.15. The average molecular weight is 332 g/mol. The van der Waals surface area contributed by atoms with Crippen LogP contribution in [0.3, 0.4) is 0 Å². The van der Waals surface area contributed by atoms with Crippen LogP contribution >= 0.6 is 0 Å². The smallest absolute Gasteiger partial charge is 0.204 e. The molecule has 0 atom stereocenters. The Labute approximate surface area is 144 Å². The highest BCUT2D eigenvalue weighted by molar-refractivity contribution is 6.00. The number of hydrogen-bond donors (Lipinski definition) is 0. The van der Waals surface area contributed by atoms with E-state index in [4.69, 9.17) is 13.9 Å². The summed E-state index contributed by atoms with van der Waals surface area (Å²) in [6.45, 7) is 0.0664. The van der Waals surface area contributed by atoms with Crippen molar-refractivity contribution in [3.05, 3.63) is 77.0 Å². The molecule has 4 heteroatoms. The van der Waals surface area contributed by atoms with Gasteiger partial charge in [-0.15, -0.1) is 0 Å². The van der Waals surface area contributed by atoms with E-state index >= 15 is 0 Å². The van der Waals surface area contributed by atoms with E-state index in [1.165, 1.54) is 7.11 Å². The number of ether oxygens (including phenoxy) is 2. The van der Waals surface area contributed by atoms with Crippen LogP contribution in [0.2, 0.25) is 0 Å². The second-order valence-corrected chi connectivity index (χ2v) is 5.66. The van der Waals surface area contributed by atoms with Gasteiger partial charge in [0.2, 0.25) is 5.43 Å². The van der Waals surface area contributed by atoms with Crippen molar-refractivity contribution in [2.75, 3.05) is 13.9 Å². The lowest BCUT2D eigenvalue weighted by molar-refractivity contribution is 0.0522. The molecule has 0 radical (unpaired) electrons. The molecule has 0 aliphatic carbocycles. The van der Waals surface area contributed by atoms with Gasteiger partial charge in [-0.1, -0.05) is 48.5 Å². The van der Waals surface area contributed by atoms with E-state index in [2.05, 4.69) is 0 Å². The van der Waals surface area contributed by atoms with Crippen molar-refractivity contribution < 1.29 is 13.9 Å². The summed E-state index contributed by atoms with van der Waals surface area (Å²) in [6, 6.07) is 20.7. The summed E-state index contributed by atoms with van der Waals surface area (Å²) in [4.78, 5) is 13.3. The van der Waals surface area contributed by atoms with Gasteiger partial charge < -0.3 is 13.9 Å². The van der Waals surface area contributed by atoms with Gasteiger partial charge in [-0.2, -0.15) is 0 Å². The first-order chi connectivity index (χ1) is 12.3. The third-order valence-corrected chi connectivity index (χ3v) is 4.11. The summed E-state index contributed by atoms with van der Waals surface area (Å²) in [5.41, 5.74) is 2.76. The fraction of sp³-hybridized carbons (Fsp3) is 0.0952. The summed E-state index contributed by atoms with van der Waals surface area (Å²) in [5.74, 6) is 0.456. The third kappa shape index (κ3) is 2.66. The van der Waals surface area contributed by atoms with Gasteiger partial charge in [0, 0.05) is 7.11 Å². The lowest BCUT2D eigenvalue weighted by Crippen LogP contribution is -2.07. The largest absolute Gasteiger partial charge is 0.467 e. The Hall–Kier alpha value is -3.11. The molecule has 4 rings (SSSR count). The van der Waals surface area contributed by atoms with Gasteiger partial charge >= 0.3 is 0 Å². The molecule has 4 nitrogen and oxygen atoms in total. The van der Waals surface area contributed by atoms with Crippen LogP contribution in [0.15, 0.2) is 75.9 Å². The van der Waals surface area contributed by atoms with Crippen LogP contribution in [0, 0.1) is 0 Å². The maximum atomic E-state index is 13.3. The molecule has 0 N–H and O–H groups in total. The average Bonchev–Trinajstić information content (AvgIpc) is 2.66. The molecule has 1 heterocycles. The van der Waals surface area contributed by atoms with Gasteiger partial charge in [0.25, 0.3) is 0 Å². The van der Waals surface area contributed by atoms with Gasteiger partial charge in [0.05, 0.1) is 5.39 Å². The van der Waals surface area contributed by atoms with Crippen LogP contribution in [0.1, 0.15) is 0 Å². The molecule has 0 aliphatic rings. The van der Waals surface area contributed by atoms with E-state index in [1.54, 1.807) is 18.2 Å². The Balaban J connectivity index is 2.08. The van der Waals surface area contributed by atoms with E-state index in [1.807, 2.05) is 48.5 Å². The van der Waals surface area contributed by atoms with Gasteiger partial charge in [0.1, 0.15) is 22.3 Å². The van der Waals surface area contributed by atoms with Gasteiger partial charge in [-0.05, 0) is 29.3 Å². The Kier molecular flexibility index (Phi) is 3.96. The maximum Gasteiger partial charge on any atom is 0.204 e. The van der Waals surface area contributed by atoms with Crippen molar-refractivity contribution in [2.24, 2.45) is 0 Å². The second kappa shape index (κ2) is 6.42. The van der Waals surface area contributed by atoms with Crippen LogP contribution in [-0.4, -0.2) is 13.9 Å². The first-order valence-corrected chi connectivity index (χ1v) is 7.95. The molecule has 25 heavy (non-hydrogen) atoms. The van der Waals surface area contributed by atoms with Crippen LogP contribution in [0.4, 0.5) is 0 Å². The zero-order valence-electron chi connectivity index (χ0n) is 13.7. The van der Waals surface area contributed by atoms with Crippen LogP contribution < -0.4 is 10.2 Å².